The smallest absolute Gasteiger partial charge is 0.276 e. The Hall–Kier alpha value is -2.30. The summed E-state index contributed by atoms with van der Waals surface area (Å²) in [6.45, 7) is 4.67. The van der Waals surface area contributed by atoms with Gasteiger partial charge in [-0.2, -0.15) is 5.10 Å². The molecule has 1 aromatic carbocycles. The molecule has 100 valence electrons. The molecule has 0 radical (unpaired) electrons. The Morgan fingerprint density at radius 3 is 2.84 bits per heavy atom. The van der Waals surface area contributed by atoms with E-state index in [4.69, 9.17) is 4.74 Å². The topological polar surface area (TPSA) is 56.2 Å². The molecule has 0 aliphatic heterocycles. The number of carbonyl (C=O) groups excluding carboxylic acids is 1. The van der Waals surface area contributed by atoms with Crippen LogP contribution in [0.4, 0.5) is 5.69 Å². The average molecular weight is 259 g/mol. The molecule has 0 unspecified atom stereocenters. The quantitative estimate of drug-likeness (QED) is 0.917. The van der Waals surface area contributed by atoms with Crippen LogP contribution in [0, 0.1) is 6.92 Å². The van der Waals surface area contributed by atoms with E-state index in [0.717, 1.165) is 12.2 Å². The van der Waals surface area contributed by atoms with E-state index in [-0.39, 0.29) is 5.91 Å². The lowest BCUT2D eigenvalue weighted by molar-refractivity contribution is 0.102. The molecular formula is C14H17N3O2. The lowest BCUT2D eigenvalue weighted by Crippen LogP contribution is -2.13. The maximum absolute atomic E-state index is 12.1. The molecule has 0 atom stereocenters. The number of hydrogen-bond donors (Lipinski definition) is 1. The van der Waals surface area contributed by atoms with Crippen molar-refractivity contribution in [3.63, 3.8) is 0 Å². The van der Waals surface area contributed by atoms with Crippen LogP contribution in [-0.2, 0) is 6.54 Å². The third-order valence-electron chi connectivity index (χ3n) is 2.84. The van der Waals surface area contributed by atoms with Crippen molar-refractivity contribution in [2.75, 3.05) is 12.4 Å². The van der Waals surface area contributed by atoms with E-state index in [1.165, 1.54) is 0 Å². The Morgan fingerprint density at radius 1 is 1.42 bits per heavy atom. The fraction of sp³-hybridized carbons (Fsp3) is 0.286. The second kappa shape index (κ2) is 5.56. The summed E-state index contributed by atoms with van der Waals surface area (Å²) in [5, 5.41) is 7.04. The minimum absolute atomic E-state index is 0.219. The predicted octanol–water partition coefficient (Wildman–Crippen LogP) is 2.47. The number of amides is 1. The summed E-state index contributed by atoms with van der Waals surface area (Å²) < 4.78 is 6.90. The maximum Gasteiger partial charge on any atom is 0.276 e. The molecule has 0 saturated heterocycles. The van der Waals surface area contributed by atoms with Crippen LogP contribution in [0.1, 0.15) is 23.1 Å². The summed E-state index contributed by atoms with van der Waals surface area (Å²) in [5.74, 6) is 0.483. The van der Waals surface area contributed by atoms with Gasteiger partial charge in [0.15, 0.2) is 5.69 Å². The van der Waals surface area contributed by atoms with Gasteiger partial charge < -0.3 is 10.1 Å². The summed E-state index contributed by atoms with van der Waals surface area (Å²) in [5.41, 5.74) is 2.08. The van der Waals surface area contributed by atoms with Crippen LogP contribution in [0.15, 0.2) is 30.3 Å². The van der Waals surface area contributed by atoms with Crippen LogP contribution in [0.25, 0.3) is 0 Å². The van der Waals surface area contributed by atoms with Gasteiger partial charge in [-0.3, -0.25) is 9.48 Å². The van der Waals surface area contributed by atoms with Crippen LogP contribution in [-0.4, -0.2) is 22.8 Å². The van der Waals surface area contributed by atoms with Gasteiger partial charge in [-0.25, -0.2) is 0 Å². The van der Waals surface area contributed by atoms with E-state index in [1.54, 1.807) is 23.9 Å². The molecule has 1 heterocycles. The molecule has 1 N–H and O–H groups in total. The zero-order chi connectivity index (χ0) is 13.8. The molecule has 2 rings (SSSR count). The van der Waals surface area contributed by atoms with Gasteiger partial charge in [0, 0.05) is 24.0 Å². The van der Waals surface area contributed by atoms with E-state index in [2.05, 4.69) is 10.4 Å². The van der Waals surface area contributed by atoms with Crippen molar-refractivity contribution in [2.45, 2.75) is 20.4 Å². The summed E-state index contributed by atoms with van der Waals surface area (Å²) >= 11 is 0. The highest BCUT2D eigenvalue weighted by Crippen LogP contribution is 2.17. The van der Waals surface area contributed by atoms with Crippen molar-refractivity contribution in [1.82, 2.24) is 9.78 Å². The van der Waals surface area contributed by atoms with Gasteiger partial charge in [-0.1, -0.05) is 6.07 Å². The average Bonchev–Trinajstić information content (AvgIpc) is 2.80. The van der Waals surface area contributed by atoms with Crippen LogP contribution < -0.4 is 10.1 Å². The fourth-order valence-corrected chi connectivity index (χ4v) is 1.84. The third-order valence-corrected chi connectivity index (χ3v) is 2.84. The van der Waals surface area contributed by atoms with E-state index in [1.807, 2.05) is 32.0 Å². The van der Waals surface area contributed by atoms with Crippen molar-refractivity contribution in [2.24, 2.45) is 0 Å². The zero-order valence-corrected chi connectivity index (χ0v) is 11.3. The van der Waals surface area contributed by atoms with Gasteiger partial charge in [0.2, 0.25) is 0 Å². The number of hydrogen-bond acceptors (Lipinski definition) is 3. The van der Waals surface area contributed by atoms with Gasteiger partial charge in [0.25, 0.3) is 5.91 Å². The van der Waals surface area contributed by atoms with Gasteiger partial charge >= 0.3 is 0 Å². The predicted molar refractivity (Wildman–Crippen MR) is 73.6 cm³/mol. The first kappa shape index (κ1) is 13.1. The van der Waals surface area contributed by atoms with Gasteiger partial charge in [-0.15, -0.1) is 0 Å². The number of carbonyl (C=O) groups is 1. The molecule has 0 fully saturated rings. The van der Waals surface area contributed by atoms with E-state index in [9.17, 15) is 4.79 Å². The monoisotopic (exact) mass is 259 g/mol. The summed E-state index contributed by atoms with van der Waals surface area (Å²) in [7, 11) is 1.59. The maximum atomic E-state index is 12.1. The second-order valence-electron chi connectivity index (χ2n) is 4.17. The Bertz CT molecular complexity index is 590. The molecule has 2 aromatic rings. The zero-order valence-electron chi connectivity index (χ0n) is 11.3. The first-order valence-electron chi connectivity index (χ1n) is 6.14. The van der Waals surface area contributed by atoms with Crippen LogP contribution >= 0.6 is 0 Å². The Labute approximate surface area is 112 Å². The van der Waals surface area contributed by atoms with Crippen LogP contribution in [0.2, 0.25) is 0 Å². The van der Waals surface area contributed by atoms with E-state index >= 15 is 0 Å². The molecule has 0 spiro atoms. The number of benzene rings is 1. The second-order valence-corrected chi connectivity index (χ2v) is 4.17. The number of nitrogens with zero attached hydrogens (tertiary/aromatic N) is 2. The summed E-state index contributed by atoms with van der Waals surface area (Å²) in [6.07, 6.45) is 0. The number of ether oxygens (including phenoxy) is 1. The summed E-state index contributed by atoms with van der Waals surface area (Å²) in [6, 6.07) is 9.00. The van der Waals surface area contributed by atoms with Crippen LogP contribution in [0.5, 0.6) is 5.75 Å². The highest BCUT2D eigenvalue weighted by molar-refractivity contribution is 6.03. The third kappa shape index (κ3) is 2.93. The molecule has 5 heteroatoms. The fourth-order valence-electron chi connectivity index (χ4n) is 1.84. The standard InChI is InChI=1S/C14H17N3O2/c1-4-17-10(2)8-13(16-17)14(18)15-11-6-5-7-12(9-11)19-3/h5-9H,4H2,1-3H3,(H,15,18). The number of methoxy groups -OCH3 is 1. The molecule has 0 saturated carbocycles. The van der Waals surface area contributed by atoms with Crippen molar-refractivity contribution in [1.29, 1.82) is 0 Å². The number of aromatic nitrogens is 2. The van der Waals surface area contributed by atoms with Crippen molar-refractivity contribution in [3.05, 3.63) is 41.7 Å². The molecule has 19 heavy (non-hydrogen) atoms. The lowest BCUT2D eigenvalue weighted by atomic mass is 10.3. The van der Waals surface area contributed by atoms with Gasteiger partial charge in [-0.05, 0) is 32.0 Å². The summed E-state index contributed by atoms with van der Waals surface area (Å²) in [4.78, 5) is 12.1. The van der Waals surface area contributed by atoms with E-state index in [0.29, 0.717) is 17.1 Å². The highest BCUT2D eigenvalue weighted by atomic mass is 16.5. The van der Waals surface area contributed by atoms with E-state index < -0.39 is 0 Å². The first-order valence-corrected chi connectivity index (χ1v) is 6.14. The highest BCUT2D eigenvalue weighted by Gasteiger charge is 2.12. The molecule has 5 nitrogen and oxygen atoms in total. The van der Waals surface area contributed by atoms with Crippen LogP contribution in [0.3, 0.4) is 0 Å². The number of rotatable bonds is 4. The number of anilines is 1. The first-order chi connectivity index (χ1) is 9.13. The Kier molecular flexibility index (Phi) is 3.85. The molecule has 1 amide bonds. The SMILES string of the molecule is CCn1nc(C(=O)Nc2cccc(OC)c2)cc1C. The molecule has 1 aromatic heterocycles. The Balaban J connectivity index is 2.15. The minimum atomic E-state index is -0.219. The number of aryl methyl sites for hydroxylation is 2. The molecule has 0 aliphatic carbocycles. The van der Waals surface area contributed by atoms with Crippen molar-refractivity contribution < 1.29 is 9.53 Å². The normalized spacial score (nSPS) is 10.3. The van der Waals surface area contributed by atoms with Crippen molar-refractivity contribution >= 4 is 11.6 Å². The van der Waals surface area contributed by atoms with Gasteiger partial charge in [0.05, 0.1) is 7.11 Å². The molecule has 0 aliphatic rings. The number of nitrogens with one attached hydrogen (secondary N) is 1. The Morgan fingerprint density at radius 2 is 2.21 bits per heavy atom. The molecular weight excluding hydrogens is 242 g/mol. The van der Waals surface area contributed by atoms with Gasteiger partial charge in [0.1, 0.15) is 5.75 Å². The lowest BCUT2D eigenvalue weighted by Gasteiger charge is -2.05. The minimum Gasteiger partial charge on any atom is -0.497 e. The van der Waals surface area contributed by atoms with Crippen molar-refractivity contribution in [3.8, 4) is 5.75 Å². The largest absolute Gasteiger partial charge is 0.497 e. The molecule has 0 bridgehead atoms.